The van der Waals surface area contributed by atoms with Gasteiger partial charge < -0.3 is 21.2 Å². The van der Waals surface area contributed by atoms with E-state index in [-0.39, 0.29) is 11.5 Å². The molecule has 1 aliphatic heterocycles. The Hall–Kier alpha value is -2.46. The second kappa shape index (κ2) is 7.41. The number of nitrogens with one attached hydrogen (secondary N) is 3. The lowest BCUT2D eigenvalue weighted by atomic mass is 9.92. The highest BCUT2D eigenvalue weighted by Crippen LogP contribution is 2.25. The van der Waals surface area contributed by atoms with Crippen LogP contribution in [0.4, 0.5) is 0 Å². The quantitative estimate of drug-likeness (QED) is 0.631. The maximum atomic E-state index is 10.2. The molecule has 3 rings (SSSR count). The smallest absolute Gasteiger partial charge is 0.125 e. The summed E-state index contributed by atoms with van der Waals surface area (Å²) in [6.07, 6.45) is 6.29. The average Bonchev–Trinajstić information content (AvgIpc) is 2.60. The van der Waals surface area contributed by atoms with E-state index in [0.29, 0.717) is 17.2 Å². The van der Waals surface area contributed by atoms with E-state index in [0.717, 1.165) is 43.1 Å². The van der Waals surface area contributed by atoms with Crippen molar-refractivity contribution in [2.24, 2.45) is 5.92 Å². The number of aromatic hydroxyl groups is 1. The fourth-order valence-corrected chi connectivity index (χ4v) is 3.18. The summed E-state index contributed by atoms with van der Waals surface area (Å²) in [7, 11) is 0. The number of hydrogen-bond acceptors (Lipinski definition) is 4. The Kier molecular flexibility index (Phi) is 5.06. The molecule has 2 aromatic carbocycles. The SMILES string of the molecule is N=C(/C=C\C(=N)c1cc2ccccc2cc1O)CC1CCNCC1. The number of rotatable bonds is 5. The van der Waals surface area contributed by atoms with Crippen LogP contribution in [0.1, 0.15) is 24.8 Å². The fraction of sp³-hybridized carbons (Fsp3) is 0.300. The summed E-state index contributed by atoms with van der Waals surface area (Å²) in [4.78, 5) is 0. The van der Waals surface area contributed by atoms with Crippen LogP contribution in [-0.2, 0) is 0 Å². The minimum atomic E-state index is 0.105. The number of fused-ring (bicyclic) bond motifs is 1. The minimum absolute atomic E-state index is 0.105. The first-order valence-corrected chi connectivity index (χ1v) is 8.40. The molecule has 1 aliphatic rings. The summed E-state index contributed by atoms with van der Waals surface area (Å²) in [5, 5.41) is 31.8. The zero-order chi connectivity index (χ0) is 16.9. The van der Waals surface area contributed by atoms with Crippen LogP contribution in [0.3, 0.4) is 0 Å². The number of hydrogen-bond donors (Lipinski definition) is 4. The predicted octanol–water partition coefficient (Wildman–Crippen LogP) is 3.88. The monoisotopic (exact) mass is 321 g/mol. The first-order chi connectivity index (χ1) is 11.6. The van der Waals surface area contributed by atoms with Crippen LogP contribution in [-0.4, -0.2) is 29.6 Å². The Balaban J connectivity index is 1.69. The third kappa shape index (κ3) is 3.89. The minimum Gasteiger partial charge on any atom is -0.507 e. The Bertz CT molecular complexity index is 789. The van der Waals surface area contributed by atoms with Gasteiger partial charge in [-0.05, 0) is 73.3 Å². The molecule has 2 aromatic rings. The molecule has 0 spiro atoms. The fourth-order valence-electron chi connectivity index (χ4n) is 3.18. The number of phenols is 1. The molecule has 0 aromatic heterocycles. The van der Waals surface area contributed by atoms with Crippen LogP contribution in [0.2, 0.25) is 0 Å². The summed E-state index contributed by atoms with van der Waals surface area (Å²) in [5.74, 6) is 0.667. The third-order valence-electron chi connectivity index (χ3n) is 4.57. The van der Waals surface area contributed by atoms with E-state index in [2.05, 4.69) is 5.32 Å². The van der Waals surface area contributed by atoms with Crippen molar-refractivity contribution in [2.75, 3.05) is 13.1 Å². The van der Waals surface area contributed by atoms with Crippen LogP contribution >= 0.6 is 0 Å². The number of benzene rings is 2. The summed E-state index contributed by atoms with van der Waals surface area (Å²) >= 11 is 0. The van der Waals surface area contributed by atoms with Gasteiger partial charge in [0, 0.05) is 11.3 Å². The Morgan fingerprint density at radius 2 is 1.75 bits per heavy atom. The largest absolute Gasteiger partial charge is 0.507 e. The molecule has 4 nitrogen and oxygen atoms in total. The van der Waals surface area contributed by atoms with Gasteiger partial charge in [-0.3, -0.25) is 0 Å². The molecule has 0 atom stereocenters. The van der Waals surface area contributed by atoms with Gasteiger partial charge in [0.2, 0.25) is 0 Å². The predicted molar refractivity (Wildman–Crippen MR) is 99.5 cm³/mol. The van der Waals surface area contributed by atoms with Gasteiger partial charge in [0.1, 0.15) is 5.75 Å². The molecule has 0 bridgehead atoms. The lowest BCUT2D eigenvalue weighted by Crippen LogP contribution is -2.28. The standard InChI is InChI=1S/C20H23N3O/c21-17(11-14-7-9-23-10-8-14)5-6-19(22)18-12-15-3-1-2-4-16(15)13-20(18)24/h1-6,12-14,21-24H,7-11H2/b6-5-,21-17?,22-19?. The van der Waals surface area contributed by atoms with E-state index >= 15 is 0 Å². The van der Waals surface area contributed by atoms with Crippen molar-refractivity contribution in [3.63, 3.8) is 0 Å². The first kappa shape index (κ1) is 16.4. The molecule has 1 saturated heterocycles. The number of piperidine rings is 1. The van der Waals surface area contributed by atoms with Gasteiger partial charge in [-0.1, -0.05) is 24.3 Å². The summed E-state index contributed by atoms with van der Waals surface area (Å²) < 4.78 is 0. The molecule has 24 heavy (non-hydrogen) atoms. The van der Waals surface area contributed by atoms with E-state index in [9.17, 15) is 5.11 Å². The summed E-state index contributed by atoms with van der Waals surface area (Å²) in [6, 6.07) is 11.3. The Labute approximate surface area is 142 Å². The zero-order valence-corrected chi connectivity index (χ0v) is 13.7. The normalized spacial score (nSPS) is 15.8. The molecule has 0 aliphatic carbocycles. The van der Waals surface area contributed by atoms with E-state index in [4.69, 9.17) is 10.8 Å². The highest BCUT2D eigenvalue weighted by atomic mass is 16.3. The van der Waals surface area contributed by atoms with Crippen LogP contribution < -0.4 is 5.32 Å². The van der Waals surface area contributed by atoms with E-state index in [1.807, 2.05) is 30.3 Å². The van der Waals surface area contributed by atoms with Gasteiger partial charge in [0.05, 0.1) is 5.71 Å². The van der Waals surface area contributed by atoms with Crippen LogP contribution in [0.5, 0.6) is 5.75 Å². The molecule has 0 saturated carbocycles. The van der Waals surface area contributed by atoms with E-state index < -0.39 is 0 Å². The van der Waals surface area contributed by atoms with Crippen molar-refractivity contribution in [3.8, 4) is 5.75 Å². The highest BCUT2D eigenvalue weighted by molar-refractivity contribution is 6.13. The topological polar surface area (TPSA) is 80.0 Å². The molecule has 124 valence electrons. The lowest BCUT2D eigenvalue weighted by molar-refractivity contribution is 0.384. The van der Waals surface area contributed by atoms with E-state index in [1.165, 1.54) is 0 Å². The molecule has 1 fully saturated rings. The van der Waals surface area contributed by atoms with Crippen LogP contribution in [0, 0.1) is 16.7 Å². The van der Waals surface area contributed by atoms with Crippen molar-refractivity contribution in [3.05, 3.63) is 54.1 Å². The average molecular weight is 321 g/mol. The van der Waals surface area contributed by atoms with Crippen LogP contribution in [0.25, 0.3) is 10.8 Å². The number of allylic oxidation sites excluding steroid dienone is 2. The lowest BCUT2D eigenvalue weighted by Gasteiger charge is -2.21. The second-order valence-corrected chi connectivity index (χ2v) is 6.39. The highest BCUT2D eigenvalue weighted by Gasteiger charge is 2.14. The Morgan fingerprint density at radius 1 is 1.08 bits per heavy atom. The molecular formula is C20H23N3O. The van der Waals surface area contributed by atoms with E-state index in [1.54, 1.807) is 18.2 Å². The Morgan fingerprint density at radius 3 is 2.46 bits per heavy atom. The van der Waals surface area contributed by atoms with Gasteiger partial charge in [0.15, 0.2) is 0 Å². The number of phenolic OH excluding ortho intramolecular Hbond substituents is 1. The second-order valence-electron chi connectivity index (χ2n) is 6.39. The summed E-state index contributed by atoms with van der Waals surface area (Å²) in [6.45, 7) is 2.06. The maximum absolute atomic E-state index is 10.2. The molecule has 1 heterocycles. The van der Waals surface area contributed by atoms with Crippen molar-refractivity contribution in [2.45, 2.75) is 19.3 Å². The zero-order valence-electron chi connectivity index (χ0n) is 13.7. The van der Waals surface area contributed by atoms with Gasteiger partial charge in [-0.15, -0.1) is 0 Å². The maximum Gasteiger partial charge on any atom is 0.125 e. The van der Waals surface area contributed by atoms with Crippen molar-refractivity contribution >= 4 is 22.2 Å². The van der Waals surface area contributed by atoms with Crippen molar-refractivity contribution < 1.29 is 5.11 Å². The van der Waals surface area contributed by atoms with Crippen LogP contribution in [0.15, 0.2) is 48.6 Å². The van der Waals surface area contributed by atoms with Crippen molar-refractivity contribution in [1.82, 2.24) is 5.32 Å². The molecule has 0 radical (unpaired) electrons. The van der Waals surface area contributed by atoms with Crippen molar-refractivity contribution in [1.29, 1.82) is 10.8 Å². The molecule has 0 amide bonds. The van der Waals surface area contributed by atoms with Gasteiger partial charge in [-0.25, -0.2) is 0 Å². The van der Waals surface area contributed by atoms with Gasteiger partial charge >= 0.3 is 0 Å². The first-order valence-electron chi connectivity index (χ1n) is 8.40. The van der Waals surface area contributed by atoms with Gasteiger partial charge in [0.25, 0.3) is 0 Å². The third-order valence-corrected chi connectivity index (χ3v) is 4.57. The molecule has 4 N–H and O–H groups in total. The molecule has 4 heteroatoms. The molecular weight excluding hydrogens is 298 g/mol. The van der Waals surface area contributed by atoms with Gasteiger partial charge in [-0.2, -0.15) is 0 Å². The summed E-state index contributed by atoms with van der Waals surface area (Å²) in [5.41, 5.74) is 1.28. The molecule has 0 unspecified atom stereocenters.